The molecule has 3 heterocycles. The molecule has 0 spiro atoms. The predicted octanol–water partition coefficient (Wildman–Crippen LogP) is 1.02. The number of nitrogen functional groups attached to an aromatic ring is 1. The Morgan fingerprint density at radius 2 is 2.00 bits per heavy atom. The maximum Gasteiger partial charge on any atom is 0.267 e. The van der Waals surface area contributed by atoms with Crippen LogP contribution in [0.3, 0.4) is 0 Å². The number of rotatable bonds is 2. The zero-order valence-electron chi connectivity index (χ0n) is 14.1. The Balaban J connectivity index is 1.80. The zero-order chi connectivity index (χ0) is 18.5. The number of benzene rings is 1. The zero-order valence-corrected chi connectivity index (χ0v) is 14.9. The van der Waals surface area contributed by atoms with Crippen molar-refractivity contribution in [3.63, 3.8) is 0 Å². The summed E-state index contributed by atoms with van der Waals surface area (Å²) < 4.78 is 26.4. The molecule has 2 aromatic heterocycles. The molecule has 0 unspecified atom stereocenters. The Kier molecular flexibility index (Phi) is 3.78. The lowest BCUT2D eigenvalue weighted by molar-refractivity contribution is 0.0965. The van der Waals surface area contributed by atoms with E-state index in [4.69, 9.17) is 5.73 Å². The van der Waals surface area contributed by atoms with Crippen molar-refractivity contribution in [2.75, 3.05) is 18.5 Å². The molecule has 0 saturated heterocycles. The van der Waals surface area contributed by atoms with E-state index in [2.05, 4.69) is 9.97 Å². The monoisotopic (exact) mass is 371 g/mol. The molecular weight excluding hydrogens is 354 g/mol. The van der Waals surface area contributed by atoms with E-state index in [0.29, 0.717) is 29.6 Å². The van der Waals surface area contributed by atoms with Crippen molar-refractivity contribution in [2.24, 2.45) is 0 Å². The molecule has 0 fully saturated rings. The van der Waals surface area contributed by atoms with E-state index in [1.54, 1.807) is 18.3 Å². The highest BCUT2D eigenvalue weighted by Gasteiger charge is 2.28. The first-order chi connectivity index (χ1) is 12.4. The van der Waals surface area contributed by atoms with Crippen LogP contribution >= 0.6 is 0 Å². The fourth-order valence-corrected chi connectivity index (χ4v) is 4.11. The summed E-state index contributed by atoms with van der Waals surface area (Å²) in [4.78, 5) is 21.5. The molecule has 0 aliphatic carbocycles. The molecule has 0 amide bonds. The molecule has 4 rings (SSSR count). The van der Waals surface area contributed by atoms with E-state index >= 15 is 0 Å². The van der Waals surface area contributed by atoms with Crippen LogP contribution in [0.2, 0.25) is 0 Å². The molecule has 1 aliphatic rings. The van der Waals surface area contributed by atoms with Crippen LogP contribution in [0.15, 0.2) is 36.7 Å². The van der Waals surface area contributed by atoms with E-state index in [0.717, 1.165) is 11.1 Å². The highest BCUT2D eigenvalue weighted by molar-refractivity contribution is 7.88. The molecule has 3 aromatic rings. The van der Waals surface area contributed by atoms with Gasteiger partial charge in [-0.05, 0) is 29.7 Å². The Morgan fingerprint density at radius 3 is 2.77 bits per heavy atom. The number of carbonyl (C=O) groups excluding carboxylic acids is 1. The van der Waals surface area contributed by atoms with Crippen LogP contribution in [0.5, 0.6) is 0 Å². The first kappa shape index (κ1) is 16.7. The Labute approximate surface area is 150 Å². The lowest BCUT2D eigenvalue weighted by Gasteiger charge is -2.27. The Morgan fingerprint density at radius 1 is 1.23 bits per heavy atom. The number of anilines is 1. The highest BCUT2D eigenvalue weighted by atomic mass is 32.2. The Hall–Kier alpha value is -2.78. The van der Waals surface area contributed by atoms with Gasteiger partial charge < -0.3 is 5.73 Å². The molecule has 0 saturated carbocycles. The molecule has 0 bridgehead atoms. The van der Waals surface area contributed by atoms with Crippen LogP contribution in [-0.2, 0) is 23.0 Å². The van der Waals surface area contributed by atoms with Gasteiger partial charge in [0.05, 0.1) is 22.9 Å². The number of fused-ring (bicyclic) bond motifs is 2. The summed E-state index contributed by atoms with van der Waals surface area (Å²) in [6.45, 7) is 0.540. The third-order valence-corrected chi connectivity index (χ3v) is 5.84. The summed E-state index contributed by atoms with van der Waals surface area (Å²) in [5, 5.41) is 0. The number of nitrogens with zero attached hydrogens (tertiary/aromatic N) is 4. The van der Waals surface area contributed by atoms with Crippen LogP contribution in [0.25, 0.3) is 11.0 Å². The third-order valence-electron chi connectivity index (χ3n) is 4.59. The van der Waals surface area contributed by atoms with E-state index in [-0.39, 0.29) is 18.4 Å². The summed E-state index contributed by atoms with van der Waals surface area (Å²) >= 11 is 0. The lowest BCUT2D eigenvalue weighted by Crippen LogP contribution is -2.36. The van der Waals surface area contributed by atoms with Crippen LogP contribution in [0, 0.1) is 0 Å². The smallest absolute Gasteiger partial charge is 0.267 e. The molecule has 0 atom stereocenters. The van der Waals surface area contributed by atoms with Crippen molar-refractivity contribution in [3.05, 3.63) is 53.3 Å². The minimum atomic E-state index is -3.30. The number of sulfonamides is 1. The van der Waals surface area contributed by atoms with Crippen LogP contribution in [-0.4, -0.2) is 46.0 Å². The first-order valence-electron chi connectivity index (χ1n) is 8.05. The summed E-state index contributed by atoms with van der Waals surface area (Å²) in [6, 6.07) is 7.22. The molecule has 2 N–H and O–H groups in total. The highest BCUT2D eigenvalue weighted by Crippen LogP contribution is 2.26. The first-order valence-corrected chi connectivity index (χ1v) is 9.89. The van der Waals surface area contributed by atoms with E-state index in [1.807, 2.05) is 12.1 Å². The normalized spacial score (nSPS) is 15.1. The van der Waals surface area contributed by atoms with Gasteiger partial charge in [0.25, 0.3) is 5.91 Å². The average Bonchev–Trinajstić information content (AvgIpc) is 2.95. The van der Waals surface area contributed by atoms with Crippen molar-refractivity contribution >= 4 is 32.9 Å². The van der Waals surface area contributed by atoms with Gasteiger partial charge in [-0.3, -0.25) is 9.78 Å². The van der Waals surface area contributed by atoms with Gasteiger partial charge in [0.15, 0.2) is 0 Å². The molecule has 134 valence electrons. The SMILES string of the molecule is CS(=O)(=O)N1CCc2c(cncc2C(=O)n2c(N)nc3ccccc32)C1. The number of hydrogen-bond acceptors (Lipinski definition) is 6. The van der Waals surface area contributed by atoms with E-state index in [9.17, 15) is 13.2 Å². The fraction of sp³-hybridized carbons (Fsp3) is 0.235. The minimum Gasteiger partial charge on any atom is -0.369 e. The van der Waals surface area contributed by atoms with Gasteiger partial charge in [0.2, 0.25) is 16.0 Å². The van der Waals surface area contributed by atoms with Gasteiger partial charge >= 0.3 is 0 Å². The van der Waals surface area contributed by atoms with Gasteiger partial charge in [-0.15, -0.1) is 0 Å². The number of aromatic nitrogens is 3. The van der Waals surface area contributed by atoms with Crippen LogP contribution < -0.4 is 5.73 Å². The second-order valence-electron chi connectivity index (χ2n) is 6.27. The van der Waals surface area contributed by atoms with Gasteiger partial charge in [0, 0.05) is 25.5 Å². The van der Waals surface area contributed by atoms with E-state index in [1.165, 1.54) is 21.3 Å². The summed E-state index contributed by atoms with van der Waals surface area (Å²) in [7, 11) is -3.30. The second-order valence-corrected chi connectivity index (χ2v) is 8.25. The number of carbonyl (C=O) groups is 1. The number of pyridine rings is 1. The number of nitrogens with two attached hydrogens (primary N) is 1. The van der Waals surface area contributed by atoms with Crippen LogP contribution in [0.4, 0.5) is 5.95 Å². The van der Waals surface area contributed by atoms with Crippen molar-refractivity contribution in [1.29, 1.82) is 0 Å². The molecule has 26 heavy (non-hydrogen) atoms. The average molecular weight is 371 g/mol. The molecule has 9 heteroatoms. The van der Waals surface area contributed by atoms with Gasteiger partial charge in [-0.2, -0.15) is 4.31 Å². The van der Waals surface area contributed by atoms with E-state index < -0.39 is 10.0 Å². The van der Waals surface area contributed by atoms with Gasteiger partial charge in [-0.25, -0.2) is 18.0 Å². The Bertz CT molecular complexity index is 1140. The van der Waals surface area contributed by atoms with Gasteiger partial charge in [-0.1, -0.05) is 12.1 Å². The summed E-state index contributed by atoms with van der Waals surface area (Å²) in [5.74, 6) is -0.198. The van der Waals surface area contributed by atoms with Crippen molar-refractivity contribution < 1.29 is 13.2 Å². The maximum atomic E-state index is 13.2. The van der Waals surface area contributed by atoms with Crippen LogP contribution in [0.1, 0.15) is 21.5 Å². The standard InChI is InChI=1S/C17H17N5O3S/c1-26(24,25)21-7-6-12-11(10-21)8-19-9-13(12)16(23)22-15-5-3-2-4-14(15)20-17(22)18/h2-5,8-9H,6-7,10H2,1H3,(H2,18,20). The van der Waals surface area contributed by atoms with Crippen molar-refractivity contribution in [3.8, 4) is 0 Å². The second kappa shape index (κ2) is 5.89. The molecule has 8 nitrogen and oxygen atoms in total. The van der Waals surface area contributed by atoms with Crippen molar-refractivity contribution in [1.82, 2.24) is 18.8 Å². The molecule has 0 radical (unpaired) electrons. The van der Waals surface area contributed by atoms with Crippen molar-refractivity contribution in [2.45, 2.75) is 13.0 Å². The predicted molar refractivity (Wildman–Crippen MR) is 97.1 cm³/mol. The largest absolute Gasteiger partial charge is 0.369 e. The quantitative estimate of drug-likeness (QED) is 0.720. The summed E-state index contributed by atoms with van der Waals surface area (Å²) in [6.07, 6.45) is 4.74. The number of imidazole rings is 1. The van der Waals surface area contributed by atoms with Gasteiger partial charge in [0.1, 0.15) is 0 Å². The molecule has 1 aromatic carbocycles. The summed E-state index contributed by atoms with van der Waals surface area (Å²) in [5.41, 5.74) is 9.20. The topological polar surface area (TPSA) is 111 Å². The molecule has 1 aliphatic heterocycles. The minimum absolute atomic E-state index is 0.113. The lowest BCUT2D eigenvalue weighted by atomic mass is 9.98. The number of hydrogen-bond donors (Lipinski definition) is 1. The maximum absolute atomic E-state index is 13.2. The third kappa shape index (κ3) is 2.65. The number of para-hydroxylation sites is 2. The molecular formula is C17H17N5O3S. The fourth-order valence-electron chi connectivity index (χ4n) is 3.31.